The SMILES string of the molecule is C[C@]1(c2ccccc2NCC2SCCCS2)CCc2cccc(P(c3ccccc3)c3ccccc3)c21. The normalized spacial score (nSPS) is 19.6. The minimum absolute atomic E-state index is 0.0213. The number of fused-ring (bicyclic) bond motifs is 1. The van der Waals surface area contributed by atoms with E-state index in [0.717, 1.165) is 19.4 Å². The van der Waals surface area contributed by atoms with Crippen LogP contribution in [0.15, 0.2) is 103 Å². The lowest BCUT2D eigenvalue weighted by atomic mass is 9.76. The van der Waals surface area contributed by atoms with E-state index in [1.54, 1.807) is 5.56 Å². The lowest BCUT2D eigenvalue weighted by Gasteiger charge is -2.33. The molecule has 0 amide bonds. The summed E-state index contributed by atoms with van der Waals surface area (Å²) in [5.74, 6) is 2.58. The first-order chi connectivity index (χ1) is 18.2. The smallest absolute Gasteiger partial charge is 0.0674 e. The zero-order valence-corrected chi connectivity index (χ0v) is 23.9. The van der Waals surface area contributed by atoms with E-state index in [9.17, 15) is 0 Å². The molecule has 1 nitrogen and oxygen atoms in total. The second-order valence-corrected chi connectivity index (χ2v) is 15.2. The third-order valence-electron chi connectivity index (χ3n) is 7.72. The molecule has 0 spiro atoms. The molecule has 188 valence electrons. The Morgan fingerprint density at radius 2 is 1.43 bits per heavy atom. The molecule has 1 fully saturated rings. The summed E-state index contributed by atoms with van der Waals surface area (Å²) in [4.78, 5) is 0. The van der Waals surface area contributed by atoms with Crippen LogP contribution < -0.4 is 21.2 Å². The summed E-state index contributed by atoms with van der Waals surface area (Å²) < 4.78 is 0.644. The Hall–Kier alpha value is -2.19. The van der Waals surface area contributed by atoms with E-state index in [4.69, 9.17) is 0 Å². The molecule has 0 radical (unpaired) electrons. The summed E-state index contributed by atoms with van der Waals surface area (Å²) in [6, 6.07) is 38.5. The van der Waals surface area contributed by atoms with Gasteiger partial charge in [0.15, 0.2) is 0 Å². The molecule has 4 aromatic carbocycles. The fraction of sp³-hybridized carbons (Fsp3) is 0.273. The lowest BCUT2D eigenvalue weighted by Crippen LogP contribution is -2.31. The van der Waals surface area contributed by atoms with E-state index >= 15 is 0 Å². The minimum Gasteiger partial charge on any atom is -0.383 e. The molecule has 1 aliphatic heterocycles. The summed E-state index contributed by atoms with van der Waals surface area (Å²) in [6.45, 7) is 3.52. The maximum atomic E-state index is 3.89. The molecule has 4 aromatic rings. The van der Waals surface area contributed by atoms with Gasteiger partial charge >= 0.3 is 0 Å². The zero-order chi connectivity index (χ0) is 25.1. The van der Waals surface area contributed by atoms with Gasteiger partial charge in [0.05, 0.1) is 4.58 Å². The fourth-order valence-electron chi connectivity index (χ4n) is 5.94. The fourth-order valence-corrected chi connectivity index (χ4v) is 11.3. The first-order valence-corrected chi connectivity index (χ1v) is 16.8. The first-order valence-electron chi connectivity index (χ1n) is 13.3. The van der Waals surface area contributed by atoms with E-state index in [1.165, 1.54) is 50.7 Å². The van der Waals surface area contributed by atoms with Gasteiger partial charge in [0.1, 0.15) is 0 Å². The lowest BCUT2D eigenvalue weighted by molar-refractivity contribution is 0.570. The summed E-state index contributed by atoms with van der Waals surface area (Å²) >= 11 is 4.23. The highest BCUT2D eigenvalue weighted by Gasteiger charge is 2.41. The second-order valence-electron chi connectivity index (χ2n) is 10.1. The van der Waals surface area contributed by atoms with Gasteiger partial charge in [-0.15, -0.1) is 23.5 Å². The molecule has 37 heavy (non-hydrogen) atoms. The molecule has 0 bridgehead atoms. The number of para-hydroxylation sites is 1. The molecular weight excluding hydrogens is 505 g/mol. The largest absolute Gasteiger partial charge is 0.383 e. The molecular formula is C33H34NPS2. The number of thioether (sulfide) groups is 2. The monoisotopic (exact) mass is 539 g/mol. The van der Waals surface area contributed by atoms with Crippen LogP contribution in [0.3, 0.4) is 0 Å². The van der Waals surface area contributed by atoms with Crippen molar-refractivity contribution in [3.8, 4) is 0 Å². The summed E-state index contributed by atoms with van der Waals surface area (Å²) in [5.41, 5.74) is 5.82. The highest BCUT2D eigenvalue weighted by Crippen LogP contribution is 2.49. The zero-order valence-electron chi connectivity index (χ0n) is 21.4. The molecule has 2 aliphatic rings. The van der Waals surface area contributed by atoms with E-state index in [0.29, 0.717) is 4.58 Å². The third kappa shape index (κ3) is 5.11. The molecule has 1 N–H and O–H groups in total. The van der Waals surface area contributed by atoms with Crippen LogP contribution in [0.5, 0.6) is 0 Å². The van der Waals surface area contributed by atoms with Crippen molar-refractivity contribution in [1.29, 1.82) is 0 Å². The third-order valence-corrected chi connectivity index (χ3v) is 13.1. The van der Waals surface area contributed by atoms with Crippen molar-refractivity contribution in [3.63, 3.8) is 0 Å². The van der Waals surface area contributed by atoms with Crippen LogP contribution in [0.4, 0.5) is 5.69 Å². The van der Waals surface area contributed by atoms with Crippen molar-refractivity contribution >= 4 is 53.0 Å². The van der Waals surface area contributed by atoms with E-state index < -0.39 is 7.92 Å². The van der Waals surface area contributed by atoms with Gasteiger partial charge in [-0.2, -0.15) is 0 Å². The molecule has 1 heterocycles. The number of hydrogen-bond acceptors (Lipinski definition) is 3. The van der Waals surface area contributed by atoms with Crippen molar-refractivity contribution in [2.24, 2.45) is 0 Å². The highest BCUT2D eigenvalue weighted by molar-refractivity contribution is 8.17. The highest BCUT2D eigenvalue weighted by atomic mass is 32.2. The van der Waals surface area contributed by atoms with Crippen LogP contribution in [0, 0.1) is 0 Å². The van der Waals surface area contributed by atoms with Gasteiger partial charge in [0.25, 0.3) is 0 Å². The minimum atomic E-state index is -0.653. The van der Waals surface area contributed by atoms with E-state index in [2.05, 4.69) is 139 Å². The van der Waals surface area contributed by atoms with Crippen LogP contribution in [0.2, 0.25) is 0 Å². The van der Waals surface area contributed by atoms with Gasteiger partial charge in [0.2, 0.25) is 0 Å². The van der Waals surface area contributed by atoms with Gasteiger partial charge < -0.3 is 5.32 Å². The number of benzene rings is 4. The molecule has 1 saturated heterocycles. The molecule has 6 rings (SSSR count). The van der Waals surface area contributed by atoms with Gasteiger partial charge in [-0.05, 0) is 77.4 Å². The summed E-state index contributed by atoms with van der Waals surface area (Å²) in [6.07, 6.45) is 3.62. The van der Waals surface area contributed by atoms with Crippen molar-refractivity contribution in [3.05, 3.63) is 120 Å². The van der Waals surface area contributed by atoms with Gasteiger partial charge in [0, 0.05) is 17.6 Å². The Balaban J connectivity index is 1.44. The molecule has 0 aromatic heterocycles. The van der Waals surface area contributed by atoms with Crippen LogP contribution in [0.25, 0.3) is 0 Å². The van der Waals surface area contributed by atoms with Crippen LogP contribution in [-0.2, 0) is 11.8 Å². The predicted octanol–water partition coefficient (Wildman–Crippen LogP) is 7.31. The Morgan fingerprint density at radius 1 is 0.784 bits per heavy atom. The number of nitrogens with one attached hydrogen (secondary N) is 1. The van der Waals surface area contributed by atoms with Crippen LogP contribution in [0.1, 0.15) is 36.5 Å². The predicted molar refractivity (Wildman–Crippen MR) is 168 cm³/mol. The van der Waals surface area contributed by atoms with Crippen LogP contribution >= 0.6 is 31.4 Å². The van der Waals surface area contributed by atoms with Crippen molar-refractivity contribution in [1.82, 2.24) is 0 Å². The quantitative estimate of drug-likeness (QED) is 0.248. The standard InChI is InChI=1S/C33H34NPS2/c1-33(28-17-8-9-18-29(28)34-24-31-36-22-11-23-37-31)21-20-25-12-10-19-30(32(25)33)35(26-13-4-2-5-14-26)27-15-6-3-7-16-27/h2-10,12-19,31,34H,11,20-24H2,1H3/t33-/m1/s1. The van der Waals surface area contributed by atoms with Gasteiger partial charge in [-0.25, -0.2) is 0 Å². The van der Waals surface area contributed by atoms with Crippen LogP contribution in [-0.4, -0.2) is 22.6 Å². The summed E-state index contributed by atoms with van der Waals surface area (Å²) in [5, 5.41) is 8.24. The Bertz CT molecular complexity index is 1300. The molecule has 0 unspecified atom stereocenters. The first kappa shape index (κ1) is 25.1. The van der Waals surface area contributed by atoms with E-state index in [-0.39, 0.29) is 5.41 Å². The maximum Gasteiger partial charge on any atom is 0.0674 e. The number of hydrogen-bond donors (Lipinski definition) is 1. The average molecular weight is 540 g/mol. The maximum absolute atomic E-state index is 3.89. The summed E-state index contributed by atoms with van der Waals surface area (Å²) in [7, 11) is -0.653. The van der Waals surface area contributed by atoms with Gasteiger partial charge in [-0.1, -0.05) is 104 Å². The molecule has 0 saturated carbocycles. The van der Waals surface area contributed by atoms with Gasteiger partial charge in [-0.3, -0.25) is 0 Å². The van der Waals surface area contributed by atoms with Crippen molar-refractivity contribution in [2.45, 2.75) is 36.2 Å². The number of anilines is 1. The molecule has 1 atom stereocenters. The topological polar surface area (TPSA) is 12.0 Å². The molecule has 4 heteroatoms. The van der Waals surface area contributed by atoms with E-state index in [1.807, 2.05) is 0 Å². The molecule has 1 aliphatic carbocycles. The number of aryl methyl sites for hydroxylation is 1. The average Bonchev–Trinajstić information content (AvgIpc) is 3.32. The van der Waals surface area contributed by atoms with Crippen molar-refractivity contribution < 1.29 is 0 Å². The number of rotatable bonds is 7. The Morgan fingerprint density at radius 3 is 2.14 bits per heavy atom. The van der Waals surface area contributed by atoms with Crippen molar-refractivity contribution in [2.75, 3.05) is 23.4 Å². The Kier molecular flexibility index (Phi) is 7.65. The Labute approximate surface area is 231 Å². The second kappa shape index (κ2) is 11.3.